The molecule has 1 aromatic heterocycles. The average Bonchev–Trinajstić information content (AvgIpc) is 2.15. The molecule has 1 rings (SSSR count). The Morgan fingerprint density at radius 2 is 1.86 bits per heavy atom. The summed E-state index contributed by atoms with van der Waals surface area (Å²) in [4.78, 5) is 4.35. The van der Waals surface area contributed by atoms with Gasteiger partial charge in [-0.25, -0.2) is 0 Å². The first kappa shape index (κ1) is 10.7. The van der Waals surface area contributed by atoms with E-state index in [2.05, 4.69) is 45.0 Å². The monoisotopic (exact) mass is 187 g/mol. The van der Waals surface area contributed by atoms with E-state index < -0.39 is 0 Å². The van der Waals surface area contributed by atoms with Gasteiger partial charge in [-0.3, -0.25) is 4.98 Å². The van der Waals surface area contributed by atoms with Crippen LogP contribution in [0.3, 0.4) is 0 Å². The average molecular weight is 187 g/mol. The molecule has 0 saturated heterocycles. The van der Waals surface area contributed by atoms with Gasteiger partial charge in [-0.1, -0.05) is 40.0 Å². The van der Waals surface area contributed by atoms with Crippen molar-refractivity contribution in [3.63, 3.8) is 0 Å². The second-order valence-electron chi connectivity index (χ2n) is 4.36. The fourth-order valence-electron chi connectivity index (χ4n) is 1.24. The van der Waals surface area contributed by atoms with Gasteiger partial charge in [-0.05, 0) is 28.7 Å². The number of pyridine rings is 1. The van der Waals surface area contributed by atoms with Crippen molar-refractivity contribution < 1.29 is 0 Å². The minimum atomic E-state index is 0.129. The van der Waals surface area contributed by atoms with Crippen molar-refractivity contribution in [1.29, 1.82) is 0 Å². The van der Waals surface area contributed by atoms with E-state index in [0.717, 1.165) is 11.3 Å². The lowest BCUT2D eigenvalue weighted by Gasteiger charge is -2.19. The molecule has 1 nitrogen and oxygen atoms in total. The zero-order valence-electron chi connectivity index (χ0n) is 9.17. The van der Waals surface area contributed by atoms with Crippen molar-refractivity contribution in [2.75, 3.05) is 0 Å². The normalized spacial score (nSPS) is 11.1. The van der Waals surface area contributed by atoms with E-state index in [0.29, 0.717) is 0 Å². The van der Waals surface area contributed by atoms with E-state index >= 15 is 0 Å². The summed E-state index contributed by atoms with van der Waals surface area (Å²) in [5, 5.41) is 0. The van der Waals surface area contributed by atoms with Gasteiger partial charge in [0, 0.05) is 6.20 Å². The van der Waals surface area contributed by atoms with Crippen molar-refractivity contribution in [3.05, 3.63) is 42.2 Å². The van der Waals surface area contributed by atoms with Crippen LogP contribution >= 0.6 is 0 Å². The molecule has 0 unspecified atom stereocenters. The van der Waals surface area contributed by atoms with E-state index in [1.165, 1.54) is 5.56 Å². The number of hydrogen-bond donors (Lipinski definition) is 0. The lowest BCUT2D eigenvalue weighted by molar-refractivity contribution is 0.587. The molecule has 0 aromatic carbocycles. The SMILES string of the molecule is C=Cc1cc(C(C)(C)C)cnc1C=C. The third-order valence-electron chi connectivity index (χ3n) is 2.23. The summed E-state index contributed by atoms with van der Waals surface area (Å²) in [5.74, 6) is 0. The molecule has 0 amide bonds. The first-order valence-electron chi connectivity index (χ1n) is 4.74. The minimum Gasteiger partial charge on any atom is -0.256 e. The van der Waals surface area contributed by atoms with Crippen molar-refractivity contribution >= 4 is 12.2 Å². The molecule has 0 atom stereocenters. The third kappa shape index (κ3) is 2.11. The Kier molecular flexibility index (Phi) is 2.90. The Labute approximate surface area is 86.2 Å². The fourth-order valence-corrected chi connectivity index (χ4v) is 1.24. The molecular formula is C13H17N. The molecule has 0 aliphatic carbocycles. The molecule has 0 N–H and O–H groups in total. The molecule has 0 radical (unpaired) electrons. The van der Waals surface area contributed by atoms with Crippen LogP contribution in [0.15, 0.2) is 25.4 Å². The van der Waals surface area contributed by atoms with E-state index in [-0.39, 0.29) is 5.41 Å². The van der Waals surface area contributed by atoms with Crippen LogP contribution in [0.1, 0.15) is 37.6 Å². The van der Waals surface area contributed by atoms with Crippen molar-refractivity contribution in [2.45, 2.75) is 26.2 Å². The highest BCUT2D eigenvalue weighted by atomic mass is 14.7. The van der Waals surface area contributed by atoms with Gasteiger partial charge in [-0.2, -0.15) is 0 Å². The Balaban J connectivity index is 3.27. The second kappa shape index (κ2) is 3.79. The third-order valence-corrected chi connectivity index (χ3v) is 2.23. The van der Waals surface area contributed by atoms with E-state index in [1.807, 2.05) is 12.3 Å². The van der Waals surface area contributed by atoms with Gasteiger partial charge in [0.2, 0.25) is 0 Å². The van der Waals surface area contributed by atoms with Crippen LogP contribution in [0.25, 0.3) is 12.2 Å². The lowest BCUT2D eigenvalue weighted by atomic mass is 9.87. The molecule has 0 aliphatic rings. The van der Waals surface area contributed by atoms with E-state index in [1.54, 1.807) is 6.08 Å². The van der Waals surface area contributed by atoms with Gasteiger partial charge in [0.15, 0.2) is 0 Å². The zero-order valence-corrected chi connectivity index (χ0v) is 9.17. The number of hydrogen-bond acceptors (Lipinski definition) is 1. The van der Waals surface area contributed by atoms with Crippen LogP contribution in [-0.4, -0.2) is 4.98 Å². The van der Waals surface area contributed by atoms with E-state index in [9.17, 15) is 0 Å². The van der Waals surface area contributed by atoms with Crippen molar-refractivity contribution in [3.8, 4) is 0 Å². The van der Waals surface area contributed by atoms with Gasteiger partial charge < -0.3 is 0 Å². The van der Waals surface area contributed by atoms with Crippen LogP contribution in [0.4, 0.5) is 0 Å². The van der Waals surface area contributed by atoms with Crippen LogP contribution in [0, 0.1) is 0 Å². The van der Waals surface area contributed by atoms with Crippen LogP contribution < -0.4 is 0 Å². The summed E-state index contributed by atoms with van der Waals surface area (Å²) in [6.45, 7) is 14.0. The second-order valence-corrected chi connectivity index (χ2v) is 4.36. The standard InChI is InChI=1S/C13H17N/c1-6-10-8-11(13(3,4)5)9-14-12(10)7-2/h6-9H,1-2H2,3-5H3. The molecule has 74 valence electrons. The molecular weight excluding hydrogens is 170 g/mol. The van der Waals surface area contributed by atoms with Crippen LogP contribution in [-0.2, 0) is 5.41 Å². The summed E-state index contributed by atoms with van der Waals surface area (Å²) in [6, 6.07) is 2.12. The van der Waals surface area contributed by atoms with Gasteiger partial charge in [-0.15, -0.1) is 0 Å². The number of aromatic nitrogens is 1. The maximum atomic E-state index is 4.35. The van der Waals surface area contributed by atoms with E-state index in [4.69, 9.17) is 0 Å². The molecule has 1 heterocycles. The summed E-state index contributed by atoms with van der Waals surface area (Å²) in [5.41, 5.74) is 3.29. The molecule has 14 heavy (non-hydrogen) atoms. The maximum Gasteiger partial charge on any atom is 0.0696 e. The highest BCUT2D eigenvalue weighted by Gasteiger charge is 2.14. The molecule has 0 saturated carbocycles. The Morgan fingerprint density at radius 1 is 1.21 bits per heavy atom. The molecule has 0 fully saturated rings. The molecule has 1 aromatic rings. The first-order chi connectivity index (χ1) is 6.49. The fraction of sp³-hybridized carbons (Fsp3) is 0.308. The minimum absolute atomic E-state index is 0.129. The zero-order chi connectivity index (χ0) is 10.8. The topological polar surface area (TPSA) is 12.9 Å². The molecule has 1 heteroatoms. The van der Waals surface area contributed by atoms with Gasteiger partial charge in [0.05, 0.1) is 5.69 Å². The summed E-state index contributed by atoms with van der Waals surface area (Å²) in [7, 11) is 0. The largest absolute Gasteiger partial charge is 0.256 e. The first-order valence-corrected chi connectivity index (χ1v) is 4.74. The smallest absolute Gasteiger partial charge is 0.0696 e. The van der Waals surface area contributed by atoms with Crippen molar-refractivity contribution in [2.24, 2.45) is 0 Å². The van der Waals surface area contributed by atoms with Gasteiger partial charge in [0.25, 0.3) is 0 Å². The van der Waals surface area contributed by atoms with Crippen LogP contribution in [0.5, 0.6) is 0 Å². The highest BCUT2D eigenvalue weighted by Crippen LogP contribution is 2.23. The summed E-state index contributed by atoms with van der Waals surface area (Å²) >= 11 is 0. The maximum absolute atomic E-state index is 4.35. The predicted octanol–water partition coefficient (Wildman–Crippen LogP) is 3.67. The highest BCUT2D eigenvalue weighted by molar-refractivity contribution is 5.61. The Bertz CT molecular complexity index is 356. The summed E-state index contributed by atoms with van der Waals surface area (Å²) < 4.78 is 0. The number of rotatable bonds is 2. The lowest BCUT2D eigenvalue weighted by Crippen LogP contribution is -2.12. The predicted molar refractivity (Wildman–Crippen MR) is 63.1 cm³/mol. The molecule has 0 spiro atoms. The van der Waals surface area contributed by atoms with Crippen LogP contribution in [0.2, 0.25) is 0 Å². The summed E-state index contributed by atoms with van der Waals surface area (Å²) in [6.07, 6.45) is 5.48. The molecule has 0 bridgehead atoms. The van der Waals surface area contributed by atoms with Gasteiger partial charge >= 0.3 is 0 Å². The Morgan fingerprint density at radius 3 is 2.29 bits per heavy atom. The van der Waals surface area contributed by atoms with Crippen molar-refractivity contribution in [1.82, 2.24) is 4.98 Å². The number of nitrogens with zero attached hydrogens (tertiary/aromatic N) is 1. The molecule has 0 aliphatic heterocycles. The van der Waals surface area contributed by atoms with Gasteiger partial charge in [0.1, 0.15) is 0 Å². The quantitative estimate of drug-likeness (QED) is 0.688. The Hall–Kier alpha value is -1.37.